The molecule has 82 valence electrons. The summed E-state index contributed by atoms with van der Waals surface area (Å²) in [5.41, 5.74) is 6.12. The van der Waals surface area contributed by atoms with Crippen molar-refractivity contribution in [1.82, 2.24) is 0 Å². The van der Waals surface area contributed by atoms with Crippen LogP contribution in [0.5, 0.6) is 0 Å². The lowest BCUT2D eigenvalue weighted by Crippen LogP contribution is -2.04. The fourth-order valence-electron chi connectivity index (χ4n) is 1.53. The Bertz CT molecular complexity index is 397. The van der Waals surface area contributed by atoms with Gasteiger partial charge in [-0.05, 0) is 30.2 Å². The van der Waals surface area contributed by atoms with Gasteiger partial charge >= 0.3 is 5.97 Å². The molecule has 1 saturated carbocycles. The van der Waals surface area contributed by atoms with Gasteiger partial charge in [-0.25, -0.2) is 9.18 Å². The average Bonchev–Trinajstić information content (AvgIpc) is 2.83. The zero-order valence-corrected chi connectivity index (χ0v) is 8.63. The number of aromatic carboxylic acids is 1. The van der Waals surface area contributed by atoms with Gasteiger partial charge in [0.2, 0.25) is 0 Å². The fourth-order valence-corrected chi connectivity index (χ4v) is 1.53. The van der Waals surface area contributed by atoms with Gasteiger partial charge in [-0.2, -0.15) is 0 Å². The lowest BCUT2D eigenvalue weighted by Gasteiger charge is -2.02. The minimum absolute atomic E-state index is 0. The summed E-state index contributed by atoms with van der Waals surface area (Å²) in [6.07, 6.45) is 0.736. The first-order valence-electron chi connectivity index (χ1n) is 4.38. The first-order chi connectivity index (χ1) is 6.59. The van der Waals surface area contributed by atoms with Crippen molar-refractivity contribution in [3.8, 4) is 0 Å². The largest absolute Gasteiger partial charge is 0.478 e. The first kappa shape index (κ1) is 11.9. The number of carboxylic acid groups (broad SMARTS) is 1. The van der Waals surface area contributed by atoms with Crippen LogP contribution in [0.3, 0.4) is 0 Å². The molecule has 0 amide bonds. The predicted octanol–water partition coefficient (Wildman–Crippen LogP) is 1.76. The van der Waals surface area contributed by atoms with Crippen molar-refractivity contribution in [1.29, 1.82) is 0 Å². The highest BCUT2D eigenvalue weighted by Gasteiger charge is 2.37. The molecule has 1 aliphatic carbocycles. The topological polar surface area (TPSA) is 63.3 Å². The molecule has 0 aromatic heterocycles. The number of benzene rings is 1. The lowest BCUT2D eigenvalue weighted by atomic mass is 10.1. The zero-order valence-electron chi connectivity index (χ0n) is 7.81. The van der Waals surface area contributed by atoms with Crippen molar-refractivity contribution in [2.24, 2.45) is 5.73 Å². The second-order valence-corrected chi connectivity index (χ2v) is 3.55. The van der Waals surface area contributed by atoms with Crippen LogP contribution in [0.1, 0.15) is 28.3 Å². The molecule has 15 heavy (non-hydrogen) atoms. The number of carbonyl (C=O) groups is 1. The number of rotatable bonds is 2. The summed E-state index contributed by atoms with van der Waals surface area (Å²) in [6, 6.07) is 3.79. The molecule has 5 heteroatoms. The molecule has 1 aliphatic rings. The van der Waals surface area contributed by atoms with E-state index in [1.165, 1.54) is 18.2 Å². The number of hydrogen-bond acceptors (Lipinski definition) is 2. The minimum Gasteiger partial charge on any atom is -0.478 e. The smallest absolute Gasteiger partial charge is 0.335 e. The van der Waals surface area contributed by atoms with Crippen molar-refractivity contribution >= 4 is 18.4 Å². The van der Waals surface area contributed by atoms with Crippen LogP contribution in [0.15, 0.2) is 18.2 Å². The molecular formula is C10H11ClFNO2. The summed E-state index contributed by atoms with van der Waals surface area (Å²) in [6.45, 7) is 0. The van der Waals surface area contributed by atoms with E-state index in [0.717, 1.165) is 6.42 Å². The van der Waals surface area contributed by atoms with E-state index in [2.05, 4.69) is 0 Å². The van der Waals surface area contributed by atoms with E-state index in [0.29, 0.717) is 5.56 Å². The van der Waals surface area contributed by atoms with Crippen LogP contribution in [0.25, 0.3) is 0 Å². The van der Waals surface area contributed by atoms with E-state index in [4.69, 9.17) is 10.8 Å². The van der Waals surface area contributed by atoms with Crippen LogP contribution in [-0.2, 0) is 0 Å². The van der Waals surface area contributed by atoms with Gasteiger partial charge < -0.3 is 10.8 Å². The molecule has 2 unspecified atom stereocenters. The Morgan fingerprint density at radius 2 is 2.13 bits per heavy atom. The third-order valence-electron chi connectivity index (χ3n) is 2.48. The summed E-state index contributed by atoms with van der Waals surface area (Å²) >= 11 is 0. The highest BCUT2D eigenvalue weighted by Crippen LogP contribution is 2.40. The van der Waals surface area contributed by atoms with Gasteiger partial charge in [-0.15, -0.1) is 12.4 Å². The summed E-state index contributed by atoms with van der Waals surface area (Å²) < 4.78 is 13.2. The zero-order chi connectivity index (χ0) is 10.3. The van der Waals surface area contributed by atoms with Gasteiger partial charge in [0.15, 0.2) is 0 Å². The predicted molar refractivity (Wildman–Crippen MR) is 55.9 cm³/mol. The molecule has 2 rings (SSSR count). The molecule has 0 spiro atoms. The van der Waals surface area contributed by atoms with Gasteiger partial charge in [-0.3, -0.25) is 0 Å². The molecule has 0 radical (unpaired) electrons. The Morgan fingerprint density at radius 1 is 1.53 bits per heavy atom. The van der Waals surface area contributed by atoms with Crippen LogP contribution in [-0.4, -0.2) is 17.1 Å². The Hall–Kier alpha value is -1.13. The molecule has 1 aromatic carbocycles. The van der Waals surface area contributed by atoms with Gasteiger partial charge in [0, 0.05) is 12.0 Å². The molecule has 2 atom stereocenters. The standard InChI is InChI=1S/C10H10FNO2.ClH/c11-8-2-1-5(10(13)14)3-6(8)7-4-9(7)12;/h1-3,7,9H,4,12H2,(H,13,14);1H. The monoisotopic (exact) mass is 231 g/mol. The average molecular weight is 232 g/mol. The maximum atomic E-state index is 13.2. The highest BCUT2D eigenvalue weighted by atomic mass is 35.5. The highest BCUT2D eigenvalue weighted by molar-refractivity contribution is 5.87. The van der Waals surface area contributed by atoms with Crippen LogP contribution >= 0.6 is 12.4 Å². The van der Waals surface area contributed by atoms with Gasteiger partial charge in [-0.1, -0.05) is 0 Å². The summed E-state index contributed by atoms with van der Waals surface area (Å²) in [5.74, 6) is -1.41. The Labute approximate surface area is 92.5 Å². The third kappa shape index (κ3) is 2.27. The van der Waals surface area contributed by atoms with E-state index in [1.807, 2.05) is 0 Å². The Kier molecular flexibility index (Phi) is 3.31. The van der Waals surface area contributed by atoms with Crippen molar-refractivity contribution < 1.29 is 14.3 Å². The quantitative estimate of drug-likeness (QED) is 0.815. The van der Waals surface area contributed by atoms with Crippen LogP contribution in [0.2, 0.25) is 0 Å². The summed E-state index contributed by atoms with van der Waals surface area (Å²) in [7, 11) is 0. The minimum atomic E-state index is -1.04. The van der Waals surface area contributed by atoms with Crippen LogP contribution in [0, 0.1) is 5.82 Å². The van der Waals surface area contributed by atoms with Crippen LogP contribution in [0.4, 0.5) is 4.39 Å². The van der Waals surface area contributed by atoms with Crippen molar-refractivity contribution in [2.45, 2.75) is 18.4 Å². The Balaban J connectivity index is 0.00000112. The molecule has 0 heterocycles. The molecule has 1 aromatic rings. The van der Waals surface area contributed by atoms with Gasteiger partial charge in [0.05, 0.1) is 5.56 Å². The van der Waals surface area contributed by atoms with Crippen molar-refractivity contribution in [2.75, 3.05) is 0 Å². The van der Waals surface area contributed by atoms with Gasteiger partial charge in [0.25, 0.3) is 0 Å². The second kappa shape index (κ2) is 4.16. The number of carboxylic acids is 1. The lowest BCUT2D eigenvalue weighted by molar-refractivity contribution is 0.0696. The third-order valence-corrected chi connectivity index (χ3v) is 2.48. The van der Waals surface area contributed by atoms with E-state index >= 15 is 0 Å². The van der Waals surface area contributed by atoms with E-state index < -0.39 is 5.97 Å². The normalized spacial score (nSPS) is 23.1. The summed E-state index contributed by atoms with van der Waals surface area (Å²) in [4.78, 5) is 10.6. The maximum absolute atomic E-state index is 13.2. The maximum Gasteiger partial charge on any atom is 0.335 e. The Morgan fingerprint density at radius 3 is 2.60 bits per heavy atom. The number of halogens is 2. The molecule has 3 nitrogen and oxygen atoms in total. The fraction of sp³-hybridized carbons (Fsp3) is 0.300. The van der Waals surface area contributed by atoms with Gasteiger partial charge in [0.1, 0.15) is 5.82 Å². The number of hydrogen-bond donors (Lipinski definition) is 2. The molecule has 1 fully saturated rings. The van der Waals surface area contributed by atoms with E-state index in [9.17, 15) is 9.18 Å². The van der Waals surface area contributed by atoms with Crippen LogP contribution < -0.4 is 5.73 Å². The molecule has 0 bridgehead atoms. The van der Waals surface area contributed by atoms with E-state index in [-0.39, 0.29) is 35.7 Å². The summed E-state index contributed by atoms with van der Waals surface area (Å²) in [5, 5.41) is 8.71. The number of nitrogens with two attached hydrogens (primary N) is 1. The van der Waals surface area contributed by atoms with E-state index in [1.54, 1.807) is 0 Å². The SMILES string of the molecule is Cl.NC1CC1c1cc(C(=O)O)ccc1F. The molecular weight excluding hydrogens is 221 g/mol. The molecule has 3 N–H and O–H groups in total. The van der Waals surface area contributed by atoms with Crippen molar-refractivity contribution in [3.63, 3.8) is 0 Å². The molecule has 0 saturated heterocycles. The first-order valence-corrected chi connectivity index (χ1v) is 4.38. The second-order valence-electron chi connectivity index (χ2n) is 3.55. The molecule has 0 aliphatic heterocycles. The van der Waals surface area contributed by atoms with Crippen molar-refractivity contribution in [3.05, 3.63) is 35.1 Å².